The van der Waals surface area contributed by atoms with Crippen LogP contribution in [0.2, 0.25) is 5.02 Å². The van der Waals surface area contributed by atoms with Gasteiger partial charge < -0.3 is 0 Å². The van der Waals surface area contributed by atoms with Gasteiger partial charge in [0.05, 0.1) is 11.1 Å². The summed E-state index contributed by atoms with van der Waals surface area (Å²) < 4.78 is 26.9. The van der Waals surface area contributed by atoms with Gasteiger partial charge in [-0.1, -0.05) is 29.8 Å². The Morgan fingerprint density at radius 1 is 1.22 bits per heavy atom. The zero-order valence-electron chi connectivity index (χ0n) is 9.63. The molecular formula is C12H12ClNO2S2. The molecule has 0 aliphatic rings. The van der Waals surface area contributed by atoms with Crippen molar-refractivity contribution in [2.75, 3.05) is 0 Å². The van der Waals surface area contributed by atoms with Crippen LogP contribution in [-0.4, -0.2) is 8.42 Å². The predicted molar refractivity (Wildman–Crippen MR) is 74.5 cm³/mol. The van der Waals surface area contributed by atoms with Crippen molar-refractivity contribution in [1.82, 2.24) is 4.72 Å². The Morgan fingerprint density at radius 2 is 1.94 bits per heavy atom. The van der Waals surface area contributed by atoms with Crippen molar-refractivity contribution in [2.45, 2.75) is 17.9 Å². The Labute approximate surface area is 115 Å². The zero-order valence-corrected chi connectivity index (χ0v) is 12.0. The van der Waals surface area contributed by atoms with Crippen LogP contribution in [-0.2, 0) is 10.0 Å². The van der Waals surface area contributed by atoms with E-state index in [0.29, 0.717) is 0 Å². The quantitative estimate of drug-likeness (QED) is 0.940. The molecule has 1 atom stereocenters. The molecule has 96 valence electrons. The Kier molecular flexibility index (Phi) is 4.07. The number of hydrogen-bond acceptors (Lipinski definition) is 3. The van der Waals surface area contributed by atoms with Crippen LogP contribution in [0.5, 0.6) is 0 Å². The molecule has 1 aromatic heterocycles. The van der Waals surface area contributed by atoms with Gasteiger partial charge in [-0.25, -0.2) is 13.1 Å². The van der Waals surface area contributed by atoms with Crippen molar-refractivity contribution < 1.29 is 8.42 Å². The van der Waals surface area contributed by atoms with Crippen LogP contribution >= 0.6 is 22.9 Å². The van der Waals surface area contributed by atoms with Crippen molar-refractivity contribution >= 4 is 33.0 Å². The lowest BCUT2D eigenvalue weighted by Gasteiger charge is -2.13. The summed E-state index contributed by atoms with van der Waals surface area (Å²) in [5, 5.41) is 2.14. The zero-order chi connectivity index (χ0) is 13.2. The molecule has 1 N–H and O–H groups in total. The molecular weight excluding hydrogens is 290 g/mol. The van der Waals surface area contributed by atoms with Crippen molar-refractivity contribution in [1.29, 1.82) is 0 Å². The first kappa shape index (κ1) is 13.5. The van der Waals surface area contributed by atoms with E-state index < -0.39 is 10.0 Å². The Hall–Kier alpha value is -0.880. The molecule has 0 aliphatic heterocycles. The summed E-state index contributed by atoms with van der Waals surface area (Å²) in [6, 6.07) is 9.91. The minimum absolute atomic E-state index is 0.107. The maximum Gasteiger partial charge on any atom is 0.242 e. The van der Waals surface area contributed by atoms with E-state index >= 15 is 0 Å². The number of hydrogen-bond donors (Lipinski definition) is 1. The highest BCUT2D eigenvalue weighted by Gasteiger charge is 2.20. The molecule has 1 heterocycles. The number of rotatable bonds is 4. The van der Waals surface area contributed by atoms with Gasteiger partial charge in [-0.2, -0.15) is 0 Å². The van der Waals surface area contributed by atoms with Gasteiger partial charge in [0.15, 0.2) is 0 Å². The molecule has 0 saturated carbocycles. The van der Waals surface area contributed by atoms with Crippen LogP contribution in [0.4, 0.5) is 0 Å². The standard InChI is InChI=1S/C12H12ClNO2S2/c1-9(11-6-4-8-17-11)14-18(15,16)12-7-3-2-5-10(12)13/h2-9,14H,1H3/t9-/m0/s1. The number of sulfonamides is 1. The van der Waals surface area contributed by atoms with E-state index in [1.54, 1.807) is 25.1 Å². The van der Waals surface area contributed by atoms with Crippen molar-refractivity contribution in [3.8, 4) is 0 Å². The average molecular weight is 302 g/mol. The molecule has 3 nitrogen and oxygen atoms in total. The highest BCUT2D eigenvalue weighted by Crippen LogP contribution is 2.24. The van der Waals surface area contributed by atoms with Gasteiger partial charge in [-0.05, 0) is 30.5 Å². The molecule has 0 fully saturated rings. The highest BCUT2D eigenvalue weighted by atomic mass is 35.5. The first-order valence-corrected chi connectivity index (χ1v) is 8.05. The average Bonchev–Trinajstić information content (AvgIpc) is 2.82. The van der Waals surface area contributed by atoms with E-state index in [1.165, 1.54) is 17.4 Å². The molecule has 0 radical (unpaired) electrons. The first-order chi connectivity index (χ1) is 8.50. The highest BCUT2D eigenvalue weighted by molar-refractivity contribution is 7.89. The minimum Gasteiger partial charge on any atom is -0.207 e. The van der Waals surface area contributed by atoms with Gasteiger partial charge >= 0.3 is 0 Å². The summed E-state index contributed by atoms with van der Waals surface area (Å²) in [6.07, 6.45) is 0. The Bertz CT molecular complexity index is 623. The van der Waals surface area contributed by atoms with E-state index in [9.17, 15) is 8.42 Å². The fraction of sp³-hybridized carbons (Fsp3) is 0.167. The van der Waals surface area contributed by atoms with Gasteiger partial charge in [0, 0.05) is 4.88 Å². The smallest absolute Gasteiger partial charge is 0.207 e. The molecule has 0 spiro atoms. The van der Waals surface area contributed by atoms with Crippen LogP contribution < -0.4 is 4.72 Å². The molecule has 2 aromatic rings. The van der Waals surface area contributed by atoms with Crippen LogP contribution in [0.3, 0.4) is 0 Å². The maximum atomic E-state index is 12.2. The SMILES string of the molecule is C[C@H](NS(=O)(=O)c1ccccc1Cl)c1cccs1. The van der Waals surface area contributed by atoms with Gasteiger partial charge in [0.2, 0.25) is 10.0 Å². The molecule has 2 rings (SSSR count). The number of halogens is 1. The summed E-state index contributed by atoms with van der Waals surface area (Å²) >= 11 is 7.41. The Morgan fingerprint density at radius 3 is 2.56 bits per heavy atom. The summed E-state index contributed by atoms with van der Waals surface area (Å²) in [7, 11) is -3.59. The van der Waals surface area contributed by atoms with Crippen molar-refractivity contribution in [3.05, 3.63) is 51.7 Å². The minimum atomic E-state index is -3.59. The second kappa shape index (κ2) is 5.40. The number of thiophene rings is 1. The number of benzene rings is 1. The van der Waals surface area contributed by atoms with Gasteiger partial charge in [-0.3, -0.25) is 0 Å². The molecule has 0 unspecified atom stereocenters. The third kappa shape index (κ3) is 2.92. The Balaban J connectivity index is 2.26. The molecule has 6 heteroatoms. The first-order valence-electron chi connectivity index (χ1n) is 5.31. The topological polar surface area (TPSA) is 46.2 Å². The third-order valence-corrected chi connectivity index (χ3v) is 5.52. The van der Waals surface area contributed by atoms with Crippen molar-refractivity contribution in [2.24, 2.45) is 0 Å². The van der Waals surface area contributed by atoms with E-state index in [4.69, 9.17) is 11.6 Å². The van der Waals surface area contributed by atoms with Gasteiger partial charge in [-0.15, -0.1) is 11.3 Å². The second-order valence-corrected chi connectivity index (χ2v) is 6.86. The molecule has 18 heavy (non-hydrogen) atoms. The third-order valence-electron chi connectivity index (χ3n) is 2.43. The van der Waals surface area contributed by atoms with Crippen molar-refractivity contribution in [3.63, 3.8) is 0 Å². The van der Waals surface area contributed by atoms with Crippen LogP contribution in [0.25, 0.3) is 0 Å². The monoisotopic (exact) mass is 301 g/mol. The summed E-state index contributed by atoms with van der Waals surface area (Å²) in [4.78, 5) is 1.07. The van der Waals surface area contributed by atoms with E-state index in [2.05, 4.69) is 4.72 Å². The number of nitrogens with one attached hydrogen (secondary N) is 1. The molecule has 0 amide bonds. The second-order valence-electron chi connectivity index (χ2n) is 3.79. The van der Waals surface area contributed by atoms with Gasteiger partial charge in [0.25, 0.3) is 0 Å². The van der Waals surface area contributed by atoms with E-state index in [-0.39, 0.29) is 16.0 Å². The molecule has 1 aromatic carbocycles. The van der Waals surface area contributed by atoms with Crippen LogP contribution in [0.15, 0.2) is 46.7 Å². The molecule has 0 saturated heterocycles. The fourth-order valence-corrected chi connectivity index (χ4v) is 4.11. The van der Waals surface area contributed by atoms with Gasteiger partial charge in [0.1, 0.15) is 4.90 Å². The lowest BCUT2D eigenvalue weighted by molar-refractivity contribution is 0.568. The van der Waals surface area contributed by atoms with Crippen LogP contribution in [0, 0.1) is 0 Å². The fourth-order valence-electron chi connectivity index (χ4n) is 1.55. The van der Waals surface area contributed by atoms with Crippen LogP contribution in [0.1, 0.15) is 17.8 Å². The largest absolute Gasteiger partial charge is 0.242 e. The molecule has 0 aliphatic carbocycles. The maximum absolute atomic E-state index is 12.2. The summed E-state index contributed by atoms with van der Waals surface area (Å²) in [5.74, 6) is 0. The summed E-state index contributed by atoms with van der Waals surface area (Å²) in [5.41, 5.74) is 0. The van der Waals surface area contributed by atoms with E-state index in [1.807, 2.05) is 17.5 Å². The predicted octanol–water partition coefficient (Wildman–Crippen LogP) is 3.44. The summed E-state index contributed by atoms with van der Waals surface area (Å²) in [6.45, 7) is 1.81. The normalized spacial score (nSPS) is 13.4. The molecule has 0 bridgehead atoms. The van der Waals surface area contributed by atoms with E-state index in [0.717, 1.165) is 4.88 Å². The lowest BCUT2D eigenvalue weighted by atomic mass is 10.3. The lowest BCUT2D eigenvalue weighted by Crippen LogP contribution is -2.26.